The third-order valence-electron chi connectivity index (χ3n) is 7.02. The predicted octanol–water partition coefficient (Wildman–Crippen LogP) is 1.97. The van der Waals surface area contributed by atoms with E-state index in [0.29, 0.717) is 119 Å². The van der Waals surface area contributed by atoms with Crippen molar-refractivity contribution in [3.05, 3.63) is 35.0 Å². The molecule has 0 fully saturated rings. The van der Waals surface area contributed by atoms with Crippen LogP contribution in [0.5, 0.6) is 0 Å². The lowest BCUT2D eigenvalue weighted by atomic mass is 10.1. The van der Waals surface area contributed by atoms with Crippen LogP contribution in [0.2, 0.25) is 0 Å². The number of nitrogen functional groups attached to an aromatic ring is 2. The maximum Gasteiger partial charge on any atom is 0.292 e. The molecule has 1 aromatic carbocycles. The Morgan fingerprint density at radius 3 is 2.29 bits per heavy atom. The Hall–Kier alpha value is -5.07. The number of rotatable bonds is 24. The lowest BCUT2D eigenvalue weighted by molar-refractivity contribution is -0.126. The van der Waals surface area contributed by atoms with Crippen LogP contribution in [0.3, 0.4) is 0 Å². The van der Waals surface area contributed by atoms with Crippen LogP contribution in [0.4, 0.5) is 11.8 Å². The molecule has 0 aliphatic heterocycles. The van der Waals surface area contributed by atoms with E-state index in [1.165, 1.54) is 6.33 Å². The number of ether oxygens (including phenoxy) is 4. The average molecular weight is 683 g/mol. The van der Waals surface area contributed by atoms with Gasteiger partial charge in [-0.25, -0.2) is 14.6 Å². The van der Waals surface area contributed by atoms with E-state index in [-0.39, 0.29) is 30.7 Å². The summed E-state index contributed by atoms with van der Waals surface area (Å²) in [5, 5.41) is 14.4. The number of benzene rings is 1. The van der Waals surface area contributed by atoms with Crippen LogP contribution in [0.15, 0.2) is 34.1 Å². The normalized spacial score (nSPS) is 11.2. The molecule has 0 unspecified atom stereocenters. The van der Waals surface area contributed by atoms with E-state index in [1.807, 2.05) is 12.1 Å². The molecule has 0 atom stereocenters. The zero-order valence-corrected chi connectivity index (χ0v) is 27.2. The fourth-order valence-electron chi connectivity index (χ4n) is 4.67. The summed E-state index contributed by atoms with van der Waals surface area (Å²) in [6.45, 7) is 4.84. The van der Waals surface area contributed by atoms with Gasteiger partial charge in [-0.2, -0.15) is 10.1 Å². The highest BCUT2D eigenvalue weighted by Crippen LogP contribution is 2.32. The lowest BCUT2D eigenvalue weighted by Crippen LogP contribution is -2.30. The monoisotopic (exact) mass is 682 g/mol. The van der Waals surface area contributed by atoms with Crippen LogP contribution in [0.1, 0.15) is 25.7 Å². The van der Waals surface area contributed by atoms with E-state index in [0.717, 1.165) is 12.0 Å². The van der Waals surface area contributed by atoms with Crippen molar-refractivity contribution < 1.29 is 33.0 Å². The number of azide groups is 1. The Morgan fingerprint density at radius 2 is 1.57 bits per heavy atom. The van der Waals surface area contributed by atoms with E-state index in [2.05, 4.69) is 35.6 Å². The zero-order valence-electron chi connectivity index (χ0n) is 27.2. The van der Waals surface area contributed by atoms with Crippen molar-refractivity contribution in [2.45, 2.75) is 32.2 Å². The molecular weight excluding hydrogens is 640 g/mol. The largest absolute Gasteiger partial charge is 0.424 e. The van der Waals surface area contributed by atoms with Crippen molar-refractivity contribution in [2.75, 3.05) is 84.0 Å². The Morgan fingerprint density at radius 1 is 0.898 bits per heavy atom. The first-order chi connectivity index (χ1) is 24.0. The number of nitrogens with two attached hydrogens (primary N) is 2. The molecular formula is C30H42N12O7. The molecule has 2 amide bonds. The maximum atomic E-state index is 12.2. The lowest BCUT2D eigenvalue weighted by Gasteiger charge is -2.08. The van der Waals surface area contributed by atoms with E-state index in [9.17, 15) is 9.59 Å². The Kier molecular flexibility index (Phi) is 15.3. The molecule has 19 heteroatoms. The van der Waals surface area contributed by atoms with Gasteiger partial charge in [-0.05, 0) is 36.6 Å². The molecule has 3 aromatic heterocycles. The van der Waals surface area contributed by atoms with Crippen LogP contribution in [-0.4, -0.2) is 109 Å². The van der Waals surface area contributed by atoms with Crippen molar-refractivity contribution in [1.82, 2.24) is 35.4 Å². The zero-order chi connectivity index (χ0) is 34.7. The summed E-state index contributed by atoms with van der Waals surface area (Å²) in [5.41, 5.74) is 23.2. The highest BCUT2D eigenvalue weighted by Gasteiger charge is 2.18. The Balaban J connectivity index is 1.02. The summed E-state index contributed by atoms with van der Waals surface area (Å²) in [6.07, 6.45) is 3.00. The molecule has 3 heterocycles. The quantitative estimate of drug-likeness (QED) is 0.0357. The number of carbonyl (C=O) groups is 2. The van der Waals surface area contributed by atoms with Crippen molar-refractivity contribution >= 4 is 45.8 Å². The summed E-state index contributed by atoms with van der Waals surface area (Å²) in [6, 6.07) is 5.54. The number of fused-ring (bicyclic) bond motifs is 2. The fourth-order valence-corrected chi connectivity index (χ4v) is 4.67. The van der Waals surface area contributed by atoms with Gasteiger partial charge in [0.15, 0.2) is 11.2 Å². The summed E-state index contributed by atoms with van der Waals surface area (Å²) in [7, 11) is 0. The number of hydrogen-bond donors (Lipinski definition) is 4. The number of aromatic nitrogens is 5. The molecule has 6 N–H and O–H groups in total. The molecule has 49 heavy (non-hydrogen) atoms. The number of oxazole rings is 1. The maximum absolute atomic E-state index is 12.2. The Labute approximate surface area is 281 Å². The molecule has 0 saturated carbocycles. The van der Waals surface area contributed by atoms with Gasteiger partial charge in [0, 0.05) is 49.5 Å². The topological polar surface area (TPSA) is 266 Å². The van der Waals surface area contributed by atoms with Gasteiger partial charge in [0.1, 0.15) is 23.4 Å². The third kappa shape index (κ3) is 12.2. The van der Waals surface area contributed by atoms with Crippen LogP contribution >= 0.6 is 0 Å². The predicted molar refractivity (Wildman–Crippen MR) is 179 cm³/mol. The van der Waals surface area contributed by atoms with E-state index >= 15 is 0 Å². The minimum atomic E-state index is -0.220. The summed E-state index contributed by atoms with van der Waals surface area (Å²) in [4.78, 5) is 39.7. The van der Waals surface area contributed by atoms with Gasteiger partial charge in [-0.15, -0.1) is 0 Å². The number of hydrogen-bond acceptors (Lipinski definition) is 14. The molecule has 0 aliphatic carbocycles. The van der Waals surface area contributed by atoms with Gasteiger partial charge >= 0.3 is 0 Å². The minimum Gasteiger partial charge on any atom is -0.424 e. The second-order valence-electron chi connectivity index (χ2n) is 10.6. The van der Waals surface area contributed by atoms with Gasteiger partial charge in [0.05, 0.1) is 58.2 Å². The number of carbonyl (C=O) groups excluding carboxylic acids is 2. The first-order valence-electron chi connectivity index (χ1n) is 15.9. The first kappa shape index (κ1) is 36.8. The number of anilines is 2. The molecule has 0 bridgehead atoms. The number of amides is 2. The second kappa shape index (κ2) is 20.3. The summed E-state index contributed by atoms with van der Waals surface area (Å²) < 4.78 is 28.6. The van der Waals surface area contributed by atoms with E-state index < -0.39 is 0 Å². The third-order valence-corrected chi connectivity index (χ3v) is 7.02. The van der Waals surface area contributed by atoms with Crippen molar-refractivity contribution in [2.24, 2.45) is 5.11 Å². The Bertz CT molecular complexity index is 1690. The molecule has 4 rings (SSSR count). The number of nitrogens with zero attached hydrogens (tertiary/aromatic N) is 8. The van der Waals surface area contributed by atoms with Gasteiger partial charge in [-0.1, -0.05) is 5.11 Å². The number of nitrogens with one attached hydrogen (secondary N) is 2. The average Bonchev–Trinajstić information content (AvgIpc) is 3.66. The molecule has 0 aliphatic rings. The number of unbranched alkanes of at least 4 members (excludes halogenated alkanes) is 1. The van der Waals surface area contributed by atoms with Crippen LogP contribution < -0.4 is 22.1 Å². The van der Waals surface area contributed by atoms with Gasteiger partial charge in [0.2, 0.25) is 11.8 Å². The highest BCUT2D eigenvalue weighted by atomic mass is 16.6. The number of aryl methyl sites for hydroxylation is 1. The molecule has 264 valence electrons. The van der Waals surface area contributed by atoms with Crippen LogP contribution in [-0.2, 0) is 35.1 Å². The van der Waals surface area contributed by atoms with Crippen molar-refractivity contribution in [3.63, 3.8) is 0 Å². The molecule has 19 nitrogen and oxygen atoms in total. The summed E-state index contributed by atoms with van der Waals surface area (Å²) in [5.74, 6) is -0.0944. The van der Waals surface area contributed by atoms with E-state index in [1.54, 1.807) is 10.7 Å². The fraction of sp³-hybridized carbons (Fsp3) is 0.533. The second-order valence-corrected chi connectivity index (χ2v) is 10.6. The van der Waals surface area contributed by atoms with Crippen molar-refractivity contribution in [1.29, 1.82) is 0 Å². The molecule has 0 saturated heterocycles. The molecule has 0 spiro atoms. The molecule has 0 radical (unpaired) electrons. The first-order valence-corrected chi connectivity index (χ1v) is 15.9. The van der Waals surface area contributed by atoms with Gasteiger partial charge in [-0.3, -0.25) is 9.59 Å². The van der Waals surface area contributed by atoms with Crippen molar-refractivity contribution in [3.8, 4) is 11.3 Å². The smallest absolute Gasteiger partial charge is 0.292 e. The highest BCUT2D eigenvalue weighted by molar-refractivity contribution is 5.99. The van der Waals surface area contributed by atoms with Crippen LogP contribution in [0.25, 0.3) is 43.8 Å². The van der Waals surface area contributed by atoms with E-state index in [4.69, 9.17) is 45.5 Å². The minimum absolute atomic E-state index is 0.0842. The van der Waals surface area contributed by atoms with Gasteiger partial charge < -0.3 is 45.5 Å². The standard InChI is InChI=1S/C30H42N12O7/c31-28-26-27(21-3-4-23-22(19-21)39-30(32)49-23)40-42(29(26)37-20-36-28)10-2-1-7-34-24(43)5-6-25(44)35-8-11-45-13-15-47-17-18-48-16-14-46-12-9-38-41-33/h3-4,19-20H,1-2,5-18H2,(H2,32,39)(H,34,43)(H,35,44)(H2,31,36,37). The SMILES string of the molecule is [N-]=[N+]=NCCOCCOCCOCCOCCNC(=O)CCC(=O)NCCCCn1nc(-c2ccc3oc(N)nc3c2)c2c(N)ncnc21. The van der Waals surface area contributed by atoms with Gasteiger partial charge in [0.25, 0.3) is 6.01 Å². The summed E-state index contributed by atoms with van der Waals surface area (Å²) >= 11 is 0. The van der Waals surface area contributed by atoms with Crippen LogP contribution in [0, 0.1) is 0 Å². The molecule has 4 aromatic rings.